The summed E-state index contributed by atoms with van der Waals surface area (Å²) in [5, 5.41) is 1.61. The van der Waals surface area contributed by atoms with Crippen molar-refractivity contribution in [3.8, 4) is 11.1 Å². The van der Waals surface area contributed by atoms with Crippen LogP contribution in [0.3, 0.4) is 0 Å². The number of halogens is 1. The molecule has 4 aromatic rings. The second-order valence-electron chi connectivity index (χ2n) is 9.06. The van der Waals surface area contributed by atoms with Crippen LogP contribution >= 0.6 is 24.4 Å². The van der Waals surface area contributed by atoms with E-state index in [1.807, 2.05) is 48.9 Å². The van der Waals surface area contributed by atoms with Crippen molar-refractivity contribution < 1.29 is 9.47 Å². The van der Waals surface area contributed by atoms with Gasteiger partial charge >= 0.3 is 0 Å². The number of fused-ring (bicyclic) bond motifs is 1. The van der Waals surface area contributed by atoms with Crippen LogP contribution in [0.5, 0.6) is 0 Å². The van der Waals surface area contributed by atoms with Crippen LogP contribution in [0.1, 0.15) is 18.4 Å². The molecule has 0 amide bonds. The van der Waals surface area contributed by atoms with Gasteiger partial charge in [-0.15, -0.1) is 0 Å². The Morgan fingerprint density at radius 3 is 2.63 bits per heavy atom. The van der Waals surface area contributed by atoms with Crippen LogP contribution < -0.4 is 10.5 Å². The minimum Gasteiger partial charge on any atom is -0.370 e. The maximum Gasteiger partial charge on any atom is 0.251 e. The van der Waals surface area contributed by atoms with Crippen LogP contribution in [0.2, 0.25) is 5.02 Å². The van der Waals surface area contributed by atoms with Gasteiger partial charge in [0.05, 0.1) is 31.6 Å². The van der Waals surface area contributed by atoms with Crippen LogP contribution in [-0.2, 0) is 16.0 Å². The first kappa shape index (κ1) is 22.7. The summed E-state index contributed by atoms with van der Waals surface area (Å²) in [4.78, 5) is 19.9. The first-order valence-electron chi connectivity index (χ1n) is 11.7. The number of aromatic nitrogens is 3. The van der Waals surface area contributed by atoms with Crippen LogP contribution in [-0.4, -0.2) is 45.6 Å². The van der Waals surface area contributed by atoms with E-state index < -0.39 is 5.79 Å². The Labute approximate surface area is 213 Å². The van der Waals surface area contributed by atoms with Gasteiger partial charge in [0.2, 0.25) is 0 Å². The number of ether oxygens (including phenoxy) is 2. The van der Waals surface area contributed by atoms with Crippen molar-refractivity contribution in [2.24, 2.45) is 0 Å². The minimum atomic E-state index is -0.414. The predicted molar refractivity (Wildman–Crippen MR) is 140 cm³/mol. The topological polar surface area (TPSA) is 61.5 Å². The molecular weight excluding hydrogens is 484 g/mol. The normalized spacial score (nSPS) is 17.5. The van der Waals surface area contributed by atoms with Crippen LogP contribution in [0.15, 0.2) is 65.8 Å². The summed E-state index contributed by atoms with van der Waals surface area (Å²) in [6.07, 6.45) is 7.28. The van der Waals surface area contributed by atoms with Gasteiger partial charge in [0, 0.05) is 60.4 Å². The van der Waals surface area contributed by atoms with E-state index in [9.17, 15) is 4.79 Å². The van der Waals surface area contributed by atoms with Gasteiger partial charge in [0.25, 0.3) is 5.56 Å². The highest BCUT2D eigenvalue weighted by molar-refractivity contribution is 7.78. The number of benzene rings is 1. The van der Waals surface area contributed by atoms with Crippen molar-refractivity contribution in [3.05, 3.63) is 82.0 Å². The van der Waals surface area contributed by atoms with Gasteiger partial charge in [0.15, 0.2) is 11.4 Å². The SMILES string of the molecule is O=c1cc(-c2cn(S)c3ncc(N4CCC5(CC4)OCCO5)cc23)ccn1Cc1cccc(Cl)c1. The molecule has 0 bridgehead atoms. The summed E-state index contributed by atoms with van der Waals surface area (Å²) in [7, 11) is 0. The molecule has 6 rings (SSSR count). The van der Waals surface area contributed by atoms with Gasteiger partial charge < -0.3 is 18.9 Å². The fraction of sp³-hybridized carbons (Fsp3) is 0.308. The van der Waals surface area contributed by atoms with Gasteiger partial charge in [-0.3, -0.25) is 8.77 Å². The standard InChI is InChI=1S/C26H25ClN4O3S/c27-20-3-1-2-18(12-20)16-30-7-4-19(13-24(30)32)23-17-31(35)25-22(23)14-21(15-28-25)29-8-5-26(6-9-29)33-10-11-34-26/h1-4,7,12-15,17,35H,5-6,8-11,16H2. The van der Waals surface area contributed by atoms with Crippen LogP contribution in [0, 0.1) is 0 Å². The fourth-order valence-corrected chi connectivity index (χ4v) is 5.50. The average Bonchev–Trinajstić information content (AvgIpc) is 3.45. The third-order valence-electron chi connectivity index (χ3n) is 6.86. The highest BCUT2D eigenvalue weighted by Gasteiger charge is 2.39. The summed E-state index contributed by atoms with van der Waals surface area (Å²) in [6.45, 7) is 3.48. The molecule has 180 valence electrons. The van der Waals surface area contributed by atoms with E-state index in [2.05, 4.69) is 28.8 Å². The summed E-state index contributed by atoms with van der Waals surface area (Å²) >= 11 is 10.7. The zero-order valence-corrected chi connectivity index (χ0v) is 20.7. The monoisotopic (exact) mass is 508 g/mol. The second-order valence-corrected chi connectivity index (χ2v) is 9.93. The van der Waals surface area contributed by atoms with Crippen molar-refractivity contribution in [2.45, 2.75) is 25.2 Å². The Kier molecular flexibility index (Phi) is 5.84. The zero-order chi connectivity index (χ0) is 24.0. The molecule has 5 heterocycles. The van der Waals surface area contributed by atoms with E-state index in [-0.39, 0.29) is 5.56 Å². The van der Waals surface area contributed by atoms with Crippen molar-refractivity contribution in [1.29, 1.82) is 0 Å². The predicted octanol–water partition coefficient (Wildman–Crippen LogP) is 4.60. The fourth-order valence-electron chi connectivity index (χ4n) is 5.01. The molecule has 2 aliphatic heterocycles. The first-order valence-corrected chi connectivity index (χ1v) is 12.5. The molecule has 2 fully saturated rings. The largest absolute Gasteiger partial charge is 0.370 e. The zero-order valence-electron chi connectivity index (χ0n) is 19.1. The van der Waals surface area contributed by atoms with Gasteiger partial charge in [-0.2, -0.15) is 0 Å². The van der Waals surface area contributed by atoms with E-state index in [1.165, 1.54) is 0 Å². The molecule has 9 heteroatoms. The summed E-state index contributed by atoms with van der Waals surface area (Å²) in [5.74, 6) is -0.414. The van der Waals surface area contributed by atoms with Gasteiger partial charge in [0.1, 0.15) is 0 Å². The number of piperidine rings is 1. The molecule has 0 saturated carbocycles. The third-order valence-corrected chi connectivity index (χ3v) is 7.40. The molecule has 1 spiro atoms. The third kappa shape index (κ3) is 4.36. The molecule has 0 aliphatic carbocycles. The highest BCUT2D eigenvalue weighted by atomic mass is 35.5. The number of hydrogen-bond donors (Lipinski definition) is 1. The summed E-state index contributed by atoms with van der Waals surface area (Å²) in [6, 6.07) is 13.3. The van der Waals surface area contributed by atoms with Gasteiger partial charge in [-0.25, -0.2) is 4.98 Å². The summed E-state index contributed by atoms with van der Waals surface area (Å²) in [5.41, 5.74) is 4.45. The molecular formula is C26H25ClN4O3S. The van der Waals surface area contributed by atoms with Crippen LogP contribution in [0.25, 0.3) is 22.2 Å². The molecule has 0 N–H and O–H groups in total. The van der Waals surface area contributed by atoms with Gasteiger partial charge in [-0.05, 0) is 35.4 Å². The number of thiol groups is 1. The van der Waals surface area contributed by atoms with E-state index in [4.69, 9.17) is 21.1 Å². The number of pyridine rings is 2. The molecule has 0 atom stereocenters. The first-order chi connectivity index (χ1) is 17.0. The van der Waals surface area contributed by atoms with Crippen molar-refractivity contribution in [3.63, 3.8) is 0 Å². The second kappa shape index (κ2) is 9.02. The molecule has 3 aromatic heterocycles. The maximum absolute atomic E-state index is 12.9. The van der Waals surface area contributed by atoms with E-state index in [0.717, 1.165) is 59.3 Å². The molecule has 2 saturated heterocycles. The molecule has 0 unspecified atom stereocenters. The lowest BCUT2D eigenvalue weighted by atomic mass is 10.0. The van der Waals surface area contributed by atoms with Gasteiger partial charge in [-0.1, -0.05) is 36.5 Å². The number of hydrogen-bond acceptors (Lipinski definition) is 6. The van der Waals surface area contributed by atoms with Crippen molar-refractivity contribution >= 4 is 41.1 Å². The lowest BCUT2D eigenvalue weighted by molar-refractivity contribution is -0.169. The van der Waals surface area contributed by atoms with E-state index >= 15 is 0 Å². The molecule has 2 aliphatic rings. The number of anilines is 1. The number of rotatable bonds is 4. The summed E-state index contributed by atoms with van der Waals surface area (Å²) < 4.78 is 15.1. The molecule has 0 radical (unpaired) electrons. The number of nitrogens with zero attached hydrogens (tertiary/aromatic N) is 4. The van der Waals surface area contributed by atoms with Crippen molar-refractivity contribution in [1.82, 2.24) is 13.5 Å². The molecule has 1 aromatic carbocycles. The maximum atomic E-state index is 12.9. The lowest BCUT2D eigenvalue weighted by Crippen LogP contribution is -2.45. The smallest absolute Gasteiger partial charge is 0.251 e. The van der Waals surface area contributed by atoms with Crippen LogP contribution in [0.4, 0.5) is 5.69 Å². The average molecular weight is 509 g/mol. The van der Waals surface area contributed by atoms with E-state index in [1.54, 1.807) is 14.6 Å². The molecule has 7 nitrogen and oxygen atoms in total. The quantitative estimate of drug-likeness (QED) is 0.408. The van der Waals surface area contributed by atoms with Crippen molar-refractivity contribution in [2.75, 3.05) is 31.2 Å². The Bertz CT molecular complexity index is 1450. The minimum absolute atomic E-state index is 0.0791. The van der Waals surface area contributed by atoms with E-state index in [0.29, 0.717) is 24.8 Å². The Morgan fingerprint density at radius 1 is 1.09 bits per heavy atom. The Balaban J connectivity index is 1.29. The highest BCUT2D eigenvalue weighted by Crippen LogP contribution is 2.36. The Hall–Kier alpha value is -2.78. The molecule has 35 heavy (non-hydrogen) atoms. The lowest BCUT2D eigenvalue weighted by Gasteiger charge is -2.38. The Morgan fingerprint density at radius 2 is 1.89 bits per heavy atom.